The Morgan fingerprint density at radius 2 is 1.93 bits per heavy atom. The molecule has 6 rings (SSSR count). The van der Waals surface area contributed by atoms with Crippen molar-refractivity contribution in [1.29, 1.82) is 0 Å². The summed E-state index contributed by atoms with van der Waals surface area (Å²) in [6, 6.07) is 7.26. The molecule has 2 unspecified atom stereocenters. The van der Waals surface area contributed by atoms with Gasteiger partial charge in [-0.1, -0.05) is 18.2 Å². The first-order valence-electron chi connectivity index (χ1n) is 10.0. The molecule has 0 radical (unpaired) electrons. The molecule has 7 heteroatoms. The number of ether oxygens (including phenoxy) is 1. The Morgan fingerprint density at radius 3 is 2.69 bits per heavy atom. The van der Waals surface area contributed by atoms with Crippen LogP contribution in [0.3, 0.4) is 0 Å². The fraction of sp³-hybridized carbons (Fsp3) is 0.409. The summed E-state index contributed by atoms with van der Waals surface area (Å²) in [5.74, 6) is 1.37. The van der Waals surface area contributed by atoms with Gasteiger partial charge in [-0.25, -0.2) is 9.37 Å². The molecule has 3 atom stereocenters. The molecule has 0 spiro atoms. The van der Waals surface area contributed by atoms with Crippen LogP contribution < -0.4 is 10.2 Å². The van der Waals surface area contributed by atoms with Gasteiger partial charge >= 0.3 is 0 Å². The van der Waals surface area contributed by atoms with Gasteiger partial charge in [-0.05, 0) is 32.4 Å². The summed E-state index contributed by atoms with van der Waals surface area (Å²) in [6.07, 6.45) is 3.62. The van der Waals surface area contributed by atoms with Crippen LogP contribution in [0.5, 0.6) is 0 Å². The zero-order chi connectivity index (χ0) is 20.1. The maximum atomic E-state index is 14.6. The number of nitrogens with zero attached hydrogens (tertiary/aromatic N) is 4. The van der Waals surface area contributed by atoms with Gasteiger partial charge in [-0.2, -0.15) is 5.10 Å². The number of benzene rings is 1. The molecule has 6 nitrogen and oxygen atoms in total. The quantitative estimate of drug-likeness (QED) is 0.725. The number of nitrogens with one attached hydrogen (secondary N) is 1. The van der Waals surface area contributed by atoms with Crippen molar-refractivity contribution in [2.45, 2.75) is 45.4 Å². The molecular weight excluding hydrogens is 369 g/mol. The number of piperidine rings is 1. The molecule has 0 saturated carbocycles. The van der Waals surface area contributed by atoms with Crippen molar-refractivity contribution in [3.8, 4) is 0 Å². The standard InChI is InChI=1S/C22H24FN5O/c1-12-5-4-6-17(21(12)23)13(2)25-22-18-8-20(24-9-19(18)14(3)26-27-22)28-10-15-7-16(11-28)29-15/h4-6,8-9,13,15-16H,7,10-11H2,1-3H3,(H,25,27)/t13-,15?,16?/m1/s1. The van der Waals surface area contributed by atoms with E-state index in [9.17, 15) is 4.39 Å². The third-order valence-corrected chi connectivity index (χ3v) is 5.96. The number of morpholine rings is 1. The average molecular weight is 393 g/mol. The summed E-state index contributed by atoms with van der Waals surface area (Å²) in [4.78, 5) is 6.93. The van der Waals surface area contributed by atoms with Crippen LogP contribution in [0, 0.1) is 19.7 Å². The summed E-state index contributed by atoms with van der Waals surface area (Å²) in [5, 5.41) is 13.9. The molecule has 0 aliphatic carbocycles. The summed E-state index contributed by atoms with van der Waals surface area (Å²) < 4.78 is 20.3. The van der Waals surface area contributed by atoms with Crippen LogP contribution >= 0.6 is 0 Å². The lowest BCUT2D eigenvalue weighted by molar-refractivity contribution is -0.133. The van der Waals surface area contributed by atoms with Crippen molar-refractivity contribution >= 4 is 22.4 Å². The highest BCUT2D eigenvalue weighted by Crippen LogP contribution is 2.33. The van der Waals surface area contributed by atoms with Crippen molar-refractivity contribution in [3.05, 3.63) is 53.1 Å². The Balaban J connectivity index is 1.50. The molecule has 3 aliphatic rings. The first kappa shape index (κ1) is 18.2. The minimum Gasteiger partial charge on any atom is -0.371 e. The van der Waals surface area contributed by atoms with E-state index in [1.807, 2.05) is 26.1 Å². The van der Waals surface area contributed by atoms with Gasteiger partial charge in [0.25, 0.3) is 0 Å². The van der Waals surface area contributed by atoms with Gasteiger partial charge in [0.15, 0.2) is 5.82 Å². The van der Waals surface area contributed by atoms with Gasteiger partial charge in [0.1, 0.15) is 11.6 Å². The first-order chi connectivity index (χ1) is 14.0. The average Bonchev–Trinajstić information content (AvgIpc) is 2.71. The second-order valence-electron chi connectivity index (χ2n) is 8.09. The van der Waals surface area contributed by atoms with Crippen LogP contribution in [0.1, 0.15) is 36.2 Å². The van der Waals surface area contributed by atoms with Crippen LogP contribution in [0.2, 0.25) is 0 Å². The van der Waals surface area contributed by atoms with E-state index in [-0.39, 0.29) is 11.9 Å². The van der Waals surface area contributed by atoms with Crippen LogP contribution in [0.15, 0.2) is 30.5 Å². The Labute approximate surface area is 169 Å². The van der Waals surface area contributed by atoms with Gasteiger partial charge in [0.2, 0.25) is 0 Å². The minimum absolute atomic E-state index is 0.188. The second-order valence-corrected chi connectivity index (χ2v) is 8.09. The molecule has 5 heterocycles. The number of fused-ring (bicyclic) bond motifs is 3. The summed E-state index contributed by atoms with van der Waals surface area (Å²) in [5.41, 5.74) is 2.07. The van der Waals surface area contributed by atoms with Gasteiger partial charge < -0.3 is 15.0 Å². The molecule has 0 amide bonds. The Kier molecular flexibility index (Phi) is 4.35. The van der Waals surface area contributed by atoms with E-state index in [1.165, 1.54) is 0 Å². The Hall–Kier alpha value is -2.80. The third-order valence-electron chi connectivity index (χ3n) is 5.96. The molecule has 1 aromatic carbocycles. The number of hydrogen-bond donors (Lipinski definition) is 1. The molecular formula is C22H24FN5O. The Bertz CT molecular complexity index is 1070. The zero-order valence-corrected chi connectivity index (χ0v) is 16.8. The molecule has 1 N–H and O–H groups in total. The lowest BCUT2D eigenvalue weighted by atomic mass is 9.98. The Morgan fingerprint density at radius 1 is 1.17 bits per heavy atom. The number of rotatable bonds is 4. The van der Waals surface area contributed by atoms with E-state index >= 15 is 0 Å². The smallest absolute Gasteiger partial charge is 0.157 e. The van der Waals surface area contributed by atoms with Crippen LogP contribution in [0.25, 0.3) is 10.8 Å². The second kappa shape index (κ2) is 6.91. The number of aryl methyl sites for hydroxylation is 2. The highest BCUT2D eigenvalue weighted by Gasteiger charge is 2.38. The summed E-state index contributed by atoms with van der Waals surface area (Å²) in [7, 11) is 0. The normalized spacial score (nSPS) is 21.7. The number of halogens is 1. The molecule has 29 heavy (non-hydrogen) atoms. The largest absolute Gasteiger partial charge is 0.371 e. The van der Waals surface area contributed by atoms with Crippen LogP contribution in [-0.4, -0.2) is 40.5 Å². The fourth-order valence-electron chi connectivity index (χ4n) is 4.27. The zero-order valence-electron chi connectivity index (χ0n) is 16.8. The number of aromatic nitrogens is 3. The molecule has 3 aromatic rings. The van der Waals surface area contributed by atoms with E-state index in [1.54, 1.807) is 19.1 Å². The van der Waals surface area contributed by atoms with E-state index in [0.29, 0.717) is 29.2 Å². The maximum Gasteiger partial charge on any atom is 0.157 e. The lowest BCUT2D eigenvalue weighted by Crippen LogP contribution is -2.57. The summed E-state index contributed by atoms with van der Waals surface area (Å²) >= 11 is 0. The highest BCUT2D eigenvalue weighted by molar-refractivity contribution is 5.94. The van der Waals surface area contributed by atoms with Crippen LogP contribution in [0.4, 0.5) is 16.0 Å². The molecule has 3 saturated heterocycles. The van der Waals surface area contributed by atoms with Gasteiger partial charge in [0.05, 0.1) is 23.9 Å². The number of pyridine rings is 1. The van der Waals surface area contributed by atoms with E-state index in [2.05, 4.69) is 31.5 Å². The SMILES string of the molecule is Cc1cccc([C@@H](C)Nc2nnc(C)c3cnc(N4CC5CC(C4)O5)cc23)c1F. The van der Waals surface area contributed by atoms with Gasteiger partial charge in [-0.3, -0.25) is 0 Å². The first-order valence-corrected chi connectivity index (χ1v) is 10.0. The fourth-order valence-corrected chi connectivity index (χ4v) is 4.27. The molecule has 3 fully saturated rings. The van der Waals surface area contributed by atoms with Gasteiger partial charge in [0, 0.05) is 42.0 Å². The maximum absolute atomic E-state index is 14.6. The lowest BCUT2D eigenvalue weighted by Gasteiger charge is -2.47. The minimum atomic E-state index is -0.247. The molecule has 3 aliphatic heterocycles. The molecule has 2 aromatic heterocycles. The van der Waals surface area contributed by atoms with Crippen molar-refractivity contribution in [2.24, 2.45) is 0 Å². The van der Waals surface area contributed by atoms with E-state index in [4.69, 9.17) is 4.74 Å². The molecule has 2 bridgehead atoms. The van der Waals surface area contributed by atoms with E-state index in [0.717, 1.165) is 41.8 Å². The van der Waals surface area contributed by atoms with Crippen LogP contribution in [-0.2, 0) is 4.74 Å². The highest BCUT2D eigenvalue weighted by atomic mass is 19.1. The number of anilines is 2. The summed E-state index contributed by atoms with van der Waals surface area (Å²) in [6.45, 7) is 7.36. The van der Waals surface area contributed by atoms with E-state index < -0.39 is 0 Å². The van der Waals surface area contributed by atoms with Gasteiger partial charge in [-0.15, -0.1) is 5.10 Å². The van der Waals surface area contributed by atoms with Crippen molar-refractivity contribution in [1.82, 2.24) is 15.2 Å². The van der Waals surface area contributed by atoms with Crippen molar-refractivity contribution < 1.29 is 9.13 Å². The predicted octanol–water partition coefficient (Wildman–Crippen LogP) is 3.93. The molecule has 150 valence electrons. The number of hydrogen-bond acceptors (Lipinski definition) is 6. The predicted molar refractivity (Wildman–Crippen MR) is 111 cm³/mol. The monoisotopic (exact) mass is 393 g/mol. The van der Waals surface area contributed by atoms with Crippen molar-refractivity contribution in [3.63, 3.8) is 0 Å². The topological polar surface area (TPSA) is 63.2 Å². The third kappa shape index (κ3) is 3.19. The van der Waals surface area contributed by atoms with Crippen molar-refractivity contribution in [2.75, 3.05) is 23.3 Å².